The average Bonchev–Trinajstić information content (AvgIpc) is 2.45. The van der Waals surface area contributed by atoms with Gasteiger partial charge in [-0.05, 0) is 31.5 Å². The Morgan fingerprint density at radius 1 is 1.10 bits per heavy atom. The van der Waals surface area contributed by atoms with Crippen molar-refractivity contribution in [3.63, 3.8) is 0 Å². The molecule has 0 aliphatic rings. The molecule has 0 radical (unpaired) electrons. The predicted molar refractivity (Wildman–Crippen MR) is 80.2 cm³/mol. The van der Waals surface area contributed by atoms with Crippen molar-refractivity contribution in [2.75, 3.05) is 11.4 Å². The van der Waals surface area contributed by atoms with Crippen molar-refractivity contribution in [2.24, 2.45) is 0 Å². The van der Waals surface area contributed by atoms with Crippen LogP contribution in [0.4, 0.5) is 10.1 Å². The molecule has 3 heteroatoms. The normalized spacial score (nSPS) is 12.2. The molecule has 2 rings (SSSR count). The van der Waals surface area contributed by atoms with Crippen LogP contribution in [-0.2, 0) is 6.54 Å². The van der Waals surface area contributed by atoms with Gasteiger partial charge in [-0.1, -0.05) is 36.4 Å². The van der Waals surface area contributed by atoms with Crippen molar-refractivity contribution in [3.05, 3.63) is 65.5 Å². The van der Waals surface area contributed by atoms with Crippen LogP contribution in [0.15, 0.2) is 48.5 Å². The van der Waals surface area contributed by atoms with E-state index in [9.17, 15) is 9.50 Å². The van der Waals surface area contributed by atoms with E-state index < -0.39 is 6.10 Å². The number of halogens is 1. The van der Waals surface area contributed by atoms with Crippen molar-refractivity contribution < 1.29 is 9.50 Å². The Morgan fingerprint density at radius 3 is 2.40 bits per heavy atom. The molecule has 2 aromatic rings. The molecule has 0 aliphatic carbocycles. The van der Waals surface area contributed by atoms with Crippen molar-refractivity contribution in [3.8, 4) is 0 Å². The average molecular weight is 273 g/mol. The monoisotopic (exact) mass is 273 g/mol. The molecule has 0 saturated carbocycles. The Balaban J connectivity index is 2.35. The quantitative estimate of drug-likeness (QED) is 0.893. The second-order valence-electron chi connectivity index (χ2n) is 4.85. The van der Waals surface area contributed by atoms with Crippen molar-refractivity contribution >= 4 is 5.69 Å². The van der Waals surface area contributed by atoms with Gasteiger partial charge in [0.05, 0.1) is 6.10 Å². The maximum atomic E-state index is 13.9. The van der Waals surface area contributed by atoms with Gasteiger partial charge in [0.1, 0.15) is 5.82 Å². The van der Waals surface area contributed by atoms with Gasteiger partial charge in [0, 0.05) is 24.3 Å². The number of aliphatic hydroxyl groups is 1. The van der Waals surface area contributed by atoms with E-state index in [0.717, 1.165) is 17.8 Å². The molecule has 0 spiro atoms. The molecule has 0 aliphatic heterocycles. The van der Waals surface area contributed by atoms with Crippen molar-refractivity contribution in [2.45, 2.75) is 26.5 Å². The summed E-state index contributed by atoms with van der Waals surface area (Å²) in [5.41, 5.74) is 2.28. The lowest BCUT2D eigenvalue weighted by atomic mass is 10.1. The van der Waals surface area contributed by atoms with E-state index in [1.165, 1.54) is 6.07 Å². The van der Waals surface area contributed by atoms with E-state index in [2.05, 4.69) is 4.90 Å². The fourth-order valence-electron chi connectivity index (χ4n) is 2.39. The van der Waals surface area contributed by atoms with E-state index in [4.69, 9.17) is 0 Å². The van der Waals surface area contributed by atoms with E-state index in [1.54, 1.807) is 13.0 Å². The van der Waals surface area contributed by atoms with E-state index >= 15 is 0 Å². The SMILES string of the molecule is CCN(Cc1ccccc1)c1cccc(F)c1[C@H](C)O. The smallest absolute Gasteiger partial charge is 0.131 e. The summed E-state index contributed by atoms with van der Waals surface area (Å²) in [4.78, 5) is 2.07. The highest BCUT2D eigenvalue weighted by Gasteiger charge is 2.17. The van der Waals surface area contributed by atoms with Gasteiger partial charge in [0.25, 0.3) is 0 Å². The van der Waals surface area contributed by atoms with Gasteiger partial charge in [-0.15, -0.1) is 0 Å². The minimum Gasteiger partial charge on any atom is -0.389 e. The highest BCUT2D eigenvalue weighted by Crippen LogP contribution is 2.29. The molecule has 106 valence electrons. The Bertz CT molecular complexity index is 554. The minimum atomic E-state index is -0.823. The van der Waals surface area contributed by atoms with E-state index in [0.29, 0.717) is 12.1 Å². The fourth-order valence-corrected chi connectivity index (χ4v) is 2.39. The molecule has 0 unspecified atom stereocenters. The van der Waals surface area contributed by atoms with Gasteiger partial charge in [0.2, 0.25) is 0 Å². The molecule has 20 heavy (non-hydrogen) atoms. The van der Waals surface area contributed by atoms with Crippen LogP contribution in [0.25, 0.3) is 0 Å². The topological polar surface area (TPSA) is 23.5 Å². The van der Waals surface area contributed by atoms with Crippen LogP contribution in [0.1, 0.15) is 31.1 Å². The third kappa shape index (κ3) is 3.17. The number of nitrogens with zero attached hydrogens (tertiary/aromatic N) is 1. The van der Waals surface area contributed by atoms with Gasteiger partial charge in [-0.3, -0.25) is 0 Å². The van der Waals surface area contributed by atoms with Crippen LogP contribution in [0.3, 0.4) is 0 Å². The molecular weight excluding hydrogens is 253 g/mol. The van der Waals surface area contributed by atoms with Crippen LogP contribution in [0.2, 0.25) is 0 Å². The Labute approximate surface area is 119 Å². The molecule has 2 nitrogen and oxygen atoms in total. The summed E-state index contributed by atoms with van der Waals surface area (Å²) in [6.45, 7) is 5.07. The van der Waals surface area contributed by atoms with Crippen LogP contribution >= 0.6 is 0 Å². The number of hydrogen-bond donors (Lipinski definition) is 1. The largest absolute Gasteiger partial charge is 0.389 e. The lowest BCUT2D eigenvalue weighted by Crippen LogP contribution is -2.24. The molecule has 1 atom stereocenters. The predicted octanol–water partition coefficient (Wildman–Crippen LogP) is 3.91. The number of hydrogen-bond acceptors (Lipinski definition) is 2. The van der Waals surface area contributed by atoms with Crippen LogP contribution in [0, 0.1) is 5.82 Å². The van der Waals surface area contributed by atoms with Gasteiger partial charge in [-0.25, -0.2) is 4.39 Å². The standard InChI is InChI=1S/C17H20FNO/c1-3-19(12-14-8-5-4-6-9-14)16-11-7-10-15(18)17(16)13(2)20/h4-11,13,20H,3,12H2,1-2H3/t13-/m0/s1. The second-order valence-corrected chi connectivity index (χ2v) is 4.85. The summed E-state index contributed by atoms with van der Waals surface area (Å²) < 4.78 is 13.9. The molecule has 0 fully saturated rings. The lowest BCUT2D eigenvalue weighted by molar-refractivity contribution is 0.194. The minimum absolute atomic E-state index is 0.357. The Hall–Kier alpha value is -1.87. The van der Waals surface area contributed by atoms with Gasteiger partial charge >= 0.3 is 0 Å². The molecule has 0 aromatic heterocycles. The van der Waals surface area contributed by atoms with Gasteiger partial charge in [-0.2, -0.15) is 0 Å². The molecule has 0 bridgehead atoms. The number of rotatable bonds is 5. The molecule has 2 aromatic carbocycles. The van der Waals surface area contributed by atoms with Crippen molar-refractivity contribution in [1.29, 1.82) is 0 Å². The zero-order chi connectivity index (χ0) is 14.5. The second kappa shape index (κ2) is 6.53. The van der Waals surface area contributed by atoms with Crippen LogP contribution < -0.4 is 4.90 Å². The molecule has 0 amide bonds. The summed E-state index contributed by atoms with van der Waals surface area (Å²) in [5.74, 6) is -0.357. The fraction of sp³-hybridized carbons (Fsp3) is 0.294. The molecule has 0 saturated heterocycles. The first kappa shape index (κ1) is 14.5. The number of aliphatic hydroxyl groups excluding tert-OH is 1. The Kier molecular flexibility index (Phi) is 4.74. The Morgan fingerprint density at radius 2 is 1.80 bits per heavy atom. The lowest BCUT2D eigenvalue weighted by Gasteiger charge is -2.27. The highest BCUT2D eigenvalue weighted by molar-refractivity contribution is 5.55. The third-order valence-electron chi connectivity index (χ3n) is 3.39. The first-order valence-corrected chi connectivity index (χ1v) is 6.88. The highest BCUT2D eigenvalue weighted by atomic mass is 19.1. The first-order valence-electron chi connectivity index (χ1n) is 6.88. The first-order chi connectivity index (χ1) is 9.63. The van der Waals surface area contributed by atoms with Gasteiger partial charge < -0.3 is 10.0 Å². The molecule has 0 heterocycles. The van der Waals surface area contributed by atoms with Crippen LogP contribution in [-0.4, -0.2) is 11.7 Å². The summed E-state index contributed by atoms with van der Waals surface area (Å²) in [6.07, 6.45) is -0.823. The van der Waals surface area contributed by atoms with E-state index in [-0.39, 0.29) is 5.82 Å². The maximum Gasteiger partial charge on any atom is 0.131 e. The maximum absolute atomic E-state index is 13.9. The zero-order valence-electron chi connectivity index (χ0n) is 11.9. The number of benzene rings is 2. The summed E-state index contributed by atoms with van der Waals surface area (Å²) in [5, 5.41) is 9.83. The summed E-state index contributed by atoms with van der Waals surface area (Å²) in [7, 11) is 0. The molecule has 1 N–H and O–H groups in total. The van der Waals surface area contributed by atoms with E-state index in [1.807, 2.05) is 43.3 Å². The number of anilines is 1. The zero-order valence-corrected chi connectivity index (χ0v) is 11.9. The molecular formula is C17H20FNO. The third-order valence-corrected chi connectivity index (χ3v) is 3.39. The summed E-state index contributed by atoms with van der Waals surface area (Å²) in [6, 6.07) is 15.0. The van der Waals surface area contributed by atoms with Gasteiger partial charge in [0.15, 0.2) is 0 Å². The van der Waals surface area contributed by atoms with Crippen molar-refractivity contribution in [1.82, 2.24) is 0 Å². The summed E-state index contributed by atoms with van der Waals surface area (Å²) >= 11 is 0. The van der Waals surface area contributed by atoms with Crippen LogP contribution in [0.5, 0.6) is 0 Å².